The molecule has 0 N–H and O–H groups in total. The van der Waals surface area contributed by atoms with Gasteiger partial charge in [0.05, 0.1) is 0 Å². The highest BCUT2D eigenvalue weighted by Crippen LogP contribution is 2.53. The van der Waals surface area contributed by atoms with E-state index in [1.165, 1.54) is 12.2 Å². The van der Waals surface area contributed by atoms with Crippen molar-refractivity contribution in [2.24, 2.45) is 5.92 Å². The van der Waals surface area contributed by atoms with Crippen LogP contribution in [0.3, 0.4) is 0 Å². The Labute approximate surface area is 130 Å². The maximum atomic E-state index is 13.6. The molecule has 1 fully saturated rings. The van der Waals surface area contributed by atoms with Crippen LogP contribution in [0.2, 0.25) is 0 Å². The molecule has 2 aliphatic rings. The summed E-state index contributed by atoms with van der Waals surface area (Å²) in [4.78, 5) is 0. The third-order valence-corrected chi connectivity index (χ3v) is 4.10. The highest BCUT2D eigenvalue weighted by molar-refractivity contribution is 5.25. The Hall–Kier alpha value is -1.02. The molecule has 23 heavy (non-hydrogen) atoms. The molecule has 2 rings (SSSR count). The first-order valence-electron chi connectivity index (χ1n) is 7.36. The Kier molecular flexibility index (Phi) is 5.15. The first-order valence-corrected chi connectivity index (χ1v) is 7.36. The molecule has 1 aliphatic carbocycles. The minimum Gasteiger partial charge on any atom is -0.353 e. The van der Waals surface area contributed by atoms with E-state index in [-0.39, 0.29) is 13.0 Å². The van der Waals surface area contributed by atoms with Gasteiger partial charge in [-0.1, -0.05) is 23.8 Å². The Morgan fingerprint density at radius 2 is 1.74 bits per heavy atom. The summed E-state index contributed by atoms with van der Waals surface area (Å²) in [5.41, 5.74) is -3.65. The molecule has 0 bridgehead atoms. The molecule has 0 aromatic heterocycles. The molecule has 1 heterocycles. The predicted molar refractivity (Wildman–Crippen MR) is 70.5 cm³/mol. The fourth-order valence-corrected chi connectivity index (χ4v) is 2.84. The van der Waals surface area contributed by atoms with Crippen LogP contribution in [0.4, 0.5) is 26.3 Å². The lowest BCUT2D eigenvalue weighted by Crippen LogP contribution is -2.64. The van der Waals surface area contributed by atoms with Gasteiger partial charge in [0.1, 0.15) is 0 Å². The third-order valence-electron chi connectivity index (χ3n) is 4.10. The first kappa shape index (κ1) is 18.3. The maximum absolute atomic E-state index is 13.6. The lowest BCUT2D eigenvalue weighted by molar-refractivity contribution is -0.422. The monoisotopic (exact) mass is 344 g/mol. The van der Waals surface area contributed by atoms with E-state index in [0.29, 0.717) is 18.4 Å². The fourth-order valence-electron chi connectivity index (χ4n) is 2.84. The van der Waals surface area contributed by atoms with Gasteiger partial charge in [-0.15, -0.1) is 0 Å². The number of hydrogen-bond acceptors (Lipinski definition) is 2. The largest absolute Gasteiger partial charge is 0.427 e. The Bertz CT molecular complexity index is 457. The van der Waals surface area contributed by atoms with Gasteiger partial charge in [-0.3, -0.25) is 0 Å². The summed E-state index contributed by atoms with van der Waals surface area (Å²) >= 11 is 0. The quantitative estimate of drug-likeness (QED) is 0.677. The summed E-state index contributed by atoms with van der Waals surface area (Å²) in [5.74, 6) is -1.88. The Morgan fingerprint density at radius 1 is 1.09 bits per heavy atom. The van der Waals surface area contributed by atoms with E-state index >= 15 is 0 Å². The molecule has 132 valence electrons. The number of allylic oxidation sites excluding steroid dienone is 3. The van der Waals surface area contributed by atoms with Crippen LogP contribution in [-0.2, 0) is 9.47 Å². The van der Waals surface area contributed by atoms with Crippen LogP contribution in [0.1, 0.15) is 32.6 Å². The van der Waals surface area contributed by atoms with Crippen LogP contribution in [-0.4, -0.2) is 30.9 Å². The molecule has 0 radical (unpaired) electrons. The predicted octanol–water partition coefficient (Wildman–Crippen LogP) is 4.92. The highest BCUT2D eigenvalue weighted by Gasteiger charge is 2.75. The van der Waals surface area contributed by atoms with Crippen molar-refractivity contribution in [1.29, 1.82) is 0 Å². The van der Waals surface area contributed by atoms with Crippen molar-refractivity contribution in [2.75, 3.05) is 6.61 Å². The molecular weight excluding hydrogens is 326 g/mol. The Morgan fingerprint density at radius 3 is 2.17 bits per heavy atom. The van der Waals surface area contributed by atoms with E-state index in [9.17, 15) is 26.3 Å². The molecule has 0 aromatic carbocycles. The smallest absolute Gasteiger partial charge is 0.353 e. The van der Waals surface area contributed by atoms with E-state index in [0.717, 1.165) is 6.08 Å². The van der Waals surface area contributed by atoms with Gasteiger partial charge in [0.2, 0.25) is 0 Å². The van der Waals surface area contributed by atoms with Gasteiger partial charge in [-0.05, 0) is 32.6 Å². The van der Waals surface area contributed by atoms with Crippen LogP contribution in [0, 0.1) is 5.92 Å². The van der Waals surface area contributed by atoms with Crippen LogP contribution >= 0.6 is 0 Å². The van der Waals surface area contributed by atoms with Crippen molar-refractivity contribution < 1.29 is 35.8 Å². The zero-order valence-electron chi connectivity index (χ0n) is 12.5. The molecule has 8 heteroatoms. The summed E-state index contributed by atoms with van der Waals surface area (Å²) in [5, 5.41) is 0. The highest BCUT2D eigenvalue weighted by atomic mass is 19.4. The zero-order valence-corrected chi connectivity index (χ0v) is 12.5. The molecule has 1 saturated heterocycles. The summed E-state index contributed by atoms with van der Waals surface area (Å²) in [6.07, 6.45) is -8.51. The molecule has 0 aromatic rings. The molecule has 2 nitrogen and oxygen atoms in total. The topological polar surface area (TPSA) is 18.5 Å². The van der Waals surface area contributed by atoms with Crippen molar-refractivity contribution >= 4 is 0 Å². The number of hydrogen-bond donors (Lipinski definition) is 0. The van der Waals surface area contributed by atoms with E-state index < -0.39 is 36.6 Å². The zero-order chi connectivity index (χ0) is 17.3. The van der Waals surface area contributed by atoms with Crippen LogP contribution in [0.5, 0.6) is 0 Å². The lowest BCUT2D eigenvalue weighted by Gasteiger charge is -2.44. The van der Waals surface area contributed by atoms with E-state index in [2.05, 4.69) is 4.74 Å². The molecule has 0 spiro atoms. The second-order valence-electron chi connectivity index (χ2n) is 5.79. The minimum absolute atomic E-state index is 0.0131. The van der Waals surface area contributed by atoms with Gasteiger partial charge in [-0.2, -0.15) is 26.3 Å². The molecule has 0 saturated carbocycles. The van der Waals surface area contributed by atoms with Crippen LogP contribution < -0.4 is 0 Å². The van der Waals surface area contributed by atoms with Gasteiger partial charge in [-0.25, -0.2) is 0 Å². The lowest BCUT2D eigenvalue weighted by atomic mass is 9.80. The third kappa shape index (κ3) is 3.57. The Balaban J connectivity index is 2.41. The minimum atomic E-state index is -5.61. The maximum Gasteiger partial charge on any atom is 0.427 e. The normalized spacial score (nSPS) is 27.0. The van der Waals surface area contributed by atoms with Crippen molar-refractivity contribution in [3.05, 3.63) is 23.8 Å². The van der Waals surface area contributed by atoms with Gasteiger partial charge in [0.15, 0.2) is 6.29 Å². The molecule has 0 amide bonds. The summed E-state index contributed by atoms with van der Waals surface area (Å²) < 4.78 is 90.9. The van der Waals surface area contributed by atoms with Gasteiger partial charge in [0, 0.05) is 12.5 Å². The molecule has 2 atom stereocenters. The number of ether oxygens (including phenoxy) is 2. The summed E-state index contributed by atoms with van der Waals surface area (Å²) in [7, 11) is 0. The van der Waals surface area contributed by atoms with E-state index in [1.54, 1.807) is 6.92 Å². The van der Waals surface area contributed by atoms with E-state index in [1.807, 2.05) is 0 Å². The average molecular weight is 344 g/mol. The van der Waals surface area contributed by atoms with E-state index in [4.69, 9.17) is 4.74 Å². The molecule has 2 unspecified atom stereocenters. The average Bonchev–Trinajstić information content (AvgIpc) is 2.44. The van der Waals surface area contributed by atoms with Crippen molar-refractivity contribution in [3.8, 4) is 0 Å². The fraction of sp³-hybridized carbons (Fsp3) is 0.733. The standard InChI is InChI=1S/C15H18F6O2/c1-10-5-7-11(8-6-10)13(14(16,17)18,15(19,20)21)23-12-4-2-3-9-22-12/h5-7,11-12H,2-4,8-9H2,1H3. The van der Waals surface area contributed by atoms with Crippen molar-refractivity contribution in [1.82, 2.24) is 0 Å². The first-order chi connectivity index (χ1) is 10.6. The SMILES string of the molecule is CC1=CCC(C(OC2CCCCO2)(C(F)(F)F)C(F)(F)F)C=C1. The van der Waals surface area contributed by atoms with Gasteiger partial charge >= 0.3 is 12.4 Å². The molecular formula is C15H18F6O2. The molecule has 1 aliphatic heterocycles. The second kappa shape index (κ2) is 6.47. The second-order valence-corrected chi connectivity index (χ2v) is 5.79. The van der Waals surface area contributed by atoms with Crippen LogP contribution in [0.25, 0.3) is 0 Å². The van der Waals surface area contributed by atoms with Gasteiger partial charge < -0.3 is 9.47 Å². The number of alkyl halides is 6. The summed E-state index contributed by atoms with van der Waals surface area (Å²) in [6, 6.07) is 0. The van der Waals surface area contributed by atoms with Crippen molar-refractivity contribution in [3.63, 3.8) is 0 Å². The van der Waals surface area contributed by atoms with Gasteiger partial charge in [0.25, 0.3) is 5.60 Å². The summed E-state index contributed by atoms with van der Waals surface area (Å²) in [6.45, 7) is 1.71. The van der Waals surface area contributed by atoms with Crippen LogP contribution in [0.15, 0.2) is 23.8 Å². The number of rotatable bonds is 3. The number of halogens is 6. The van der Waals surface area contributed by atoms with Crippen molar-refractivity contribution in [2.45, 2.75) is 56.9 Å².